The van der Waals surface area contributed by atoms with E-state index in [2.05, 4.69) is 83.0 Å². The van der Waals surface area contributed by atoms with E-state index in [1.165, 1.54) is 27.6 Å². The molecule has 2 rings (SSSR count). The SMILES string of the molecule is Cc1cc(C)c(Bc2cc(Br)cc(Br)c2)c(C)c1. The van der Waals surface area contributed by atoms with E-state index in [0.29, 0.717) is 0 Å². The van der Waals surface area contributed by atoms with E-state index in [1.54, 1.807) is 0 Å². The van der Waals surface area contributed by atoms with Crippen LogP contribution in [-0.4, -0.2) is 7.28 Å². The minimum Gasteiger partial charge on any atom is -0.0763 e. The first-order valence-electron chi connectivity index (χ1n) is 5.97. The highest BCUT2D eigenvalue weighted by molar-refractivity contribution is 9.11. The molecule has 0 amide bonds. The first-order valence-corrected chi connectivity index (χ1v) is 7.56. The van der Waals surface area contributed by atoms with E-state index in [1.807, 2.05) is 0 Å². The maximum atomic E-state index is 3.54. The van der Waals surface area contributed by atoms with Gasteiger partial charge in [0, 0.05) is 8.95 Å². The second kappa shape index (κ2) is 5.62. The van der Waals surface area contributed by atoms with Gasteiger partial charge in [0.15, 0.2) is 7.28 Å². The second-order valence-corrected chi connectivity index (χ2v) is 6.66. The quantitative estimate of drug-likeness (QED) is 0.714. The van der Waals surface area contributed by atoms with Gasteiger partial charge in [-0.3, -0.25) is 0 Å². The topological polar surface area (TPSA) is 0 Å². The predicted octanol–water partition coefficient (Wildman–Crippen LogP) is 3.52. The minimum absolute atomic E-state index is 0.982. The molecule has 18 heavy (non-hydrogen) atoms. The average molecular weight is 366 g/mol. The molecule has 0 saturated carbocycles. The Morgan fingerprint density at radius 2 is 1.28 bits per heavy atom. The van der Waals surface area contributed by atoms with Crippen LogP contribution in [0.1, 0.15) is 16.7 Å². The summed E-state index contributed by atoms with van der Waals surface area (Å²) in [5.74, 6) is 0. The van der Waals surface area contributed by atoms with Gasteiger partial charge >= 0.3 is 0 Å². The summed E-state index contributed by atoms with van der Waals surface area (Å²) in [6, 6.07) is 11.0. The van der Waals surface area contributed by atoms with E-state index in [-0.39, 0.29) is 0 Å². The fourth-order valence-electron chi connectivity index (χ4n) is 2.41. The molecule has 0 bridgehead atoms. The van der Waals surface area contributed by atoms with Gasteiger partial charge in [-0.2, -0.15) is 0 Å². The van der Waals surface area contributed by atoms with Crippen molar-refractivity contribution in [3.63, 3.8) is 0 Å². The van der Waals surface area contributed by atoms with Gasteiger partial charge in [0.1, 0.15) is 0 Å². The third-order valence-electron chi connectivity index (χ3n) is 3.14. The van der Waals surface area contributed by atoms with Crippen molar-refractivity contribution in [2.24, 2.45) is 0 Å². The standard InChI is InChI=1S/C15H15BBr2/c1-9-4-10(2)15(11(3)5-9)16-12-6-13(17)8-14(18)7-12/h4-8,16H,1-3H3. The molecule has 0 saturated heterocycles. The summed E-state index contributed by atoms with van der Waals surface area (Å²) in [5.41, 5.74) is 6.85. The van der Waals surface area contributed by atoms with Gasteiger partial charge in [0.2, 0.25) is 0 Å². The highest BCUT2D eigenvalue weighted by Crippen LogP contribution is 2.15. The van der Waals surface area contributed by atoms with Gasteiger partial charge in [-0.1, -0.05) is 83.7 Å². The zero-order chi connectivity index (χ0) is 13.3. The van der Waals surface area contributed by atoms with Gasteiger partial charge in [-0.25, -0.2) is 0 Å². The van der Waals surface area contributed by atoms with Gasteiger partial charge < -0.3 is 0 Å². The summed E-state index contributed by atoms with van der Waals surface area (Å²) >= 11 is 7.09. The summed E-state index contributed by atoms with van der Waals surface area (Å²) in [6.45, 7) is 6.55. The van der Waals surface area contributed by atoms with Crippen molar-refractivity contribution in [1.29, 1.82) is 0 Å². The lowest BCUT2D eigenvalue weighted by Gasteiger charge is -2.11. The van der Waals surface area contributed by atoms with Crippen molar-refractivity contribution in [1.82, 2.24) is 0 Å². The van der Waals surface area contributed by atoms with Crippen molar-refractivity contribution >= 4 is 50.1 Å². The zero-order valence-corrected chi connectivity index (χ0v) is 14.0. The summed E-state index contributed by atoms with van der Waals surface area (Å²) in [6.07, 6.45) is 0. The summed E-state index contributed by atoms with van der Waals surface area (Å²) in [7, 11) is 0.982. The van der Waals surface area contributed by atoms with Crippen molar-refractivity contribution in [2.75, 3.05) is 0 Å². The van der Waals surface area contributed by atoms with E-state index in [0.717, 1.165) is 16.2 Å². The zero-order valence-electron chi connectivity index (χ0n) is 10.8. The molecular formula is C15H15BBr2. The third-order valence-corrected chi connectivity index (χ3v) is 4.06. The Morgan fingerprint density at radius 3 is 1.78 bits per heavy atom. The molecule has 0 nitrogen and oxygen atoms in total. The minimum atomic E-state index is 0.982. The molecule has 0 unspecified atom stereocenters. The van der Waals surface area contributed by atoms with E-state index < -0.39 is 0 Å². The molecule has 0 fully saturated rings. The Balaban J connectivity index is 2.40. The van der Waals surface area contributed by atoms with Crippen LogP contribution in [0, 0.1) is 20.8 Å². The molecule has 92 valence electrons. The highest BCUT2D eigenvalue weighted by atomic mass is 79.9. The van der Waals surface area contributed by atoms with Gasteiger partial charge in [-0.15, -0.1) is 0 Å². The van der Waals surface area contributed by atoms with Crippen LogP contribution in [0.4, 0.5) is 0 Å². The van der Waals surface area contributed by atoms with Gasteiger partial charge in [0.05, 0.1) is 0 Å². The van der Waals surface area contributed by atoms with Crippen molar-refractivity contribution < 1.29 is 0 Å². The molecule has 3 heteroatoms. The van der Waals surface area contributed by atoms with Crippen LogP contribution < -0.4 is 10.9 Å². The molecule has 0 aliphatic carbocycles. The lowest BCUT2D eigenvalue weighted by molar-refractivity contribution is 1.35. The Labute approximate surface area is 126 Å². The normalized spacial score (nSPS) is 10.5. The Morgan fingerprint density at radius 1 is 0.778 bits per heavy atom. The van der Waals surface area contributed by atoms with Crippen molar-refractivity contribution in [3.05, 3.63) is 56.0 Å². The van der Waals surface area contributed by atoms with Crippen LogP contribution in [0.2, 0.25) is 0 Å². The van der Waals surface area contributed by atoms with Gasteiger partial charge in [0.25, 0.3) is 0 Å². The van der Waals surface area contributed by atoms with E-state index in [4.69, 9.17) is 0 Å². The van der Waals surface area contributed by atoms with Crippen molar-refractivity contribution in [3.8, 4) is 0 Å². The maximum Gasteiger partial charge on any atom is 0.193 e. The number of halogens is 2. The lowest BCUT2D eigenvalue weighted by atomic mass is 9.61. The van der Waals surface area contributed by atoms with Crippen LogP contribution in [0.25, 0.3) is 0 Å². The molecule has 0 heterocycles. The number of hydrogen-bond donors (Lipinski definition) is 0. The maximum absolute atomic E-state index is 3.54. The Hall–Kier alpha value is -0.535. The van der Waals surface area contributed by atoms with Crippen LogP contribution in [0.5, 0.6) is 0 Å². The molecule has 2 aromatic rings. The molecule has 0 spiro atoms. The van der Waals surface area contributed by atoms with Gasteiger partial charge in [-0.05, 0) is 26.8 Å². The molecule has 0 N–H and O–H groups in total. The molecule has 0 aliphatic rings. The number of rotatable bonds is 2. The van der Waals surface area contributed by atoms with E-state index >= 15 is 0 Å². The summed E-state index contributed by atoms with van der Waals surface area (Å²) in [4.78, 5) is 0. The third kappa shape index (κ3) is 3.27. The fraction of sp³-hybridized carbons (Fsp3) is 0.200. The molecule has 0 aliphatic heterocycles. The summed E-state index contributed by atoms with van der Waals surface area (Å²) < 4.78 is 2.24. The van der Waals surface area contributed by atoms with Crippen LogP contribution in [0.15, 0.2) is 39.3 Å². The smallest absolute Gasteiger partial charge is 0.0763 e. The first kappa shape index (κ1) is 13.9. The summed E-state index contributed by atoms with van der Waals surface area (Å²) in [5, 5.41) is 0. The Bertz CT molecular complexity index is 548. The molecule has 0 radical (unpaired) electrons. The number of benzene rings is 2. The van der Waals surface area contributed by atoms with Crippen LogP contribution in [0.3, 0.4) is 0 Å². The van der Waals surface area contributed by atoms with E-state index in [9.17, 15) is 0 Å². The Kier molecular flexibility index (Phi) is 4.34. The molecule has 0 aromatic heterocycles. The largest absolute Gasteiger partial charge is 0.193 e. The molecule has 0 atom stereocenters. The highest BCUT2D eigenvalue weighted by Gasteiger charge is 2.08. The molecule has 2 aromatic carbocycles. The molecular weight excluding hydrogens is 351 g/mol. The number of aryl methyl sites for hydroxylation is 3. The average Bonchev–Trinajstić information content (AvgIpc) is 2.22. The van der Waals surface area contributed by atoms with Crippen LogP contribution >= 0.6 is 31.9 Å². The fourth-order valence-corrected chi connectivity index (χ4v) is 3.79. The lowest BCUT2D eigenvalue weighted by Crippen LogP contribution is -2.31. The predicted molar refractivity (Wildman–Crippen MR) is 88.9 cm³/mol. The van der Waals surface area contributed by atoms with Crippen molar-refractivity contribution in [2.45, 2.75) is 20.8 Å². The number of hydrogen-bond acceptors (Lipinski definition) is 0. The first-order chi connectivity index (χ1) is 8.45. The second-order valence-electron chi connectivity index (χ2n) is 4.83. The monoisotopic (exact) mass is 364 g/mol. The van der Waals surface area contributed by atoms with Crippen LogP contribution in [-0.2, 0) is 0 Å².